The average Bonchev–Trinajstić information content (AvgIpc) is 2.78. The van der Waals surface area contributed by atoms with Crippen molar-refractivity contribution in [3.63, 3.8) is 0 Å². The SMILES string of the molecule is C[C@H](NC(=O)[C@H]1CCC[C@H](c2ccccc2)C1)C(=O)CCc1ccc(C(=N)N)cc1. The summed E-state index contributed by atoms with van der Waals surface area (Å²) in [7, 11) is 0. The van der Waals surface area contributed by atoms with Gasteiger partial charge in [-0.25, -0.2) is 0 Å². The summed E-state index contributed by atoms with van der Waals surface area (Å²) in [5, 5.41) is 10.4. The van der Waals surface area contributed by atoms with Crippen molar-refractivity contribution in [1.29, 1.82) is 5.41 Å². The first-order valence-electron chi connectivity index (χ1n) is 10.8. The fourth-order valence-corrected chi connectivity index (χ4v) is 4.20. The van der Waals surface area contributed by atoms with Gasteiger partial charge < -0.3 is 11.1 Å². The highest BCUT2D eigenvalue weighted by atomic mass is 16.2. The Hall–Kier alpha value is -2.95. The predicted octanol–water partition coefficient (Wildman–Crippen LogP) is 3.95. The van der Waals surface area contributed by atoms with Gasteiger partial charge in [-0.3, -0.25) is 15.0 Å². The molecule has 0 spiro atoms. The number of hydrogen-bond acceptors (Lipinski definition) is 3. The molecule has 2 aromatic carbocycles. The Bertz CT molecular complexity index is 877. The smallest absolute Gasteiger partial charge is 0.223 e. The maximum Gasteiger partial charge on any atom is 0.223 e. The molecule has 0 bridgehead atoms. The molecule has 5 heteroatoms. The minimum absolute atomic E-state index is 0.00212. The fraction of sp³-hybridized carbons (Fsp3) is 0.400. The van der Waals surface area contributed by atoms with Crippen LogP contribution in [0, 0.1) is 11.3 Å². The molecule has 30 heavy (non-hydrogen) atoms. The van der Waals surface area contributed by atoms with Gasteiger partial charge in [-0.05, 0) is 49.7 Å². The molecule has 0 unspecified atom stereocenters. The number of aryl methyl sites for hydroxylation is 1. The molecular formula is C25H31N3O2. The summed E-state index contributed by atoms with van der Waals surface area (Å²) in [4.78, 5) is 25.3. The van der Waals surface area contributed by atoms with Gasteiger partial charge in [0.25, 0.3) is 0 Å². The van der Waals surface area contributed by atoms with Crippen molar-refractivity contribution >= 4 is 17.5 Å². The van der Waals surface area contributed by atoms with Crippen LogP contribution in [0.4, 0.5) is 0 Å². The van der Waals surface area contributed by atoms with Crippen LogP contribution in [0.25, 0.3) is 0 Å². The lowest BCUT2D eigenvalue weighted by molar-refractivity contribution is -0.130. The Morgan fingerprint density at radius 1 is 1.10 bits per heavy atom. The van der Waals surface area contributed by atoms with Gasteiger partial charge in [0.1, 0.15) is 5.84 Å². The van der Waals surface area contributed by atoms with Crippen LogP contribution >= 0.6 is 0 Å². The van der Waals surface area contributed by atoms with Gasteiger partial charge in [-0.1, -0.05) is 61.0 Å². The molecular weight excluding hydrogens is 374 g/mol. The highest BCUT2D eigenvalue weighted by Crippen LogP contribution is 2.36. The molecule has 0 heterocycles. The Balaban J connectivity index is 1.48. The normalized spacial score (nSPS) is 19.6. The Labute approximate surface area is 178 Å². The third-order valence-electron chi connectivity index (χ3n) is 6.08. The van der Waals surface area contributed by atoms with Crippen LogP contribution in [0.2, 0.25) is 0 Å². The summed E-state index contributed by atoms with van der Waals surface area (Å²) in [6.07, 6.45) is 4.87. The third kappa shape index (κ3) is 5.78. The lowest BCUT2D eigenvalue weighted by atomic mass is 9.77. The summed E-state index contributed by atoms with van der Waals surface area (Å²) < 4.78 is 0. The maximum atomic E-state index is 12.8. The van der Waals surface area contributed by atoms with E-state index < -0.39 is 6.04 Å². The summed E-state index contributed by atoms with van der Waals surface area (Å²) in [6.45, 7) is 1.77. The second-order valence-electron chi connectivity index (χ2n) is 8.28. The first-order valence-corrected chi connectivity index (χ1v) is 10.8. The second kappa shape index (κ2) is 10.2. The van der Waals surface area contributed by atoms with E-state index in [0.717, 1.165) is 31.2 Å². The van der Waals surface area contributed by atoms with Crippen molar-refractivity contribution in [1.82, 2.24) is 5.32 Å². The number of amidine groups is 1. The average molecular weight is 406 g/mol. The molecule has 1 amide bonds. The number of benzene rings is 2. The van der Waals surface area contributed by atoms with E-state index in [2.05, 4.69) is 17.4 Å². The molecule has 4 N–H and O–H groups in total. The number of ketones is 1. The Morgan fingerprint density at radius 2 is 1.80 bits per heavy atom. The molecule has 0 aliphatic heterocycles. The van der Waals surface area contributed by atoms with E-state index in [0.29, 0.717) is 24.3 Å². The number of carbonyl (C=O) groups is 2. The third-order valence-corrected chi connectivity index (χ3v) is 6.08. The number of carbonyl (C=O) groups excluding carboxylic acids is 2. The summed E-state index contributed by atoms with van der Waals surface area (Å²) in [5.41, 5.74) is 8.46. The molecule has 0 radical (unpaired) electrons. The van der Waals surface area contributed by atoms with E-state index >= 15 is 0 Å². The molecule has 1 aliphatic rings. The van der Waals surface area contributed by atoms with E-state index in [9.17, 15) is 9.59 Å². The number of nitrogen functional groups attached to an aromatic ring is 1. The van der Waals surface area contributed by atoms with E-state index in [1.165, 1.54) is 5.56 Å². The standard InChI is InChI=1S/C25H31N3O2/c1-17(23(29)15-12-18-10-13-20(14-11-18)24(26)27)28-25(30)22-9-5-8-21(16-22)19-6-3-2-4-7-19/h2-4,6-7,10-11,13-14,17,21-22H,5,8-9,12,15-16H2,1H3,(H3,26,27)(H,28,30)/t17-,21-,22-/m0/s1. The second-order valence-corrected chi connectivity index (χ2v) is 8.28. The van der Waals surface area contributed by atoms with Crippen LogP contribution in [0.1, 0.15) is 61.6 Å². The molecule has 1 fully saturated rings. The number of Topliss-reactive ketones (excluding diaryl/α,β-unsaturated/α-hetero) is 1. The van der Waals surface area contributed by atoms with Gasteiger partial charge in [0, 0.05) is 17.9 Å². The van der Waals surface area contributed by atoms with Gasteiger partial charge in [0.2, 0.25) is 5.91 Å². The molecule has 0 aromatic heterocycles. The van der Waals surface area contributed by atoms with Crippen LogP contribution in [0.15, 0.2) is 54.6 Å². The van der Waals surface area contributed by atoms with Crippen molar-refractivity contribution in [2.24, 2.45) is 11.7 Å². The van der Waals surface area contributed by atoms with Gasteiger partial charge >= 0.3 is 0 Å². The zero-order valence-corrected chi connectivity index (χ0v) is 17.6. The molecule has 3 rings (SSSR count). The highest BCUT2D eigenvalue weighted by molar-refractivity contribution is 5.95. The number of amides is 1. The van der Waals surface area contributed by atoms with Crippen molar-refractivity contribution in [2.75, 3.05) is 0 Å². The molecule has 158 valence electrons. The number of nitrogens with two attached hydrogens (primary N) is 1. The Morgan fingerprint density at radius 3 is 2.47 bits per heavy atom. The van der Waals surface area contributed by atoms with Crippen molar-refractivity contribution < 1.29 is 9.59 Å². The summed E-state index contributed by atoms with van der Waals surface area (Å²) >= 11 is 0. The fourth-order valence-electron chi connectivity index (χ4n) is 4.20. The van der Waals surface area contributed by atoms with Crippen molar-refractivity contribution in [2.45, 2.75) is 57.4 Å². The molecule has 3 atom stereocenters. The quantitative estimate of drug-likeness (QED) is 0.458. The minimum Gasteiger partial charge on any atom is -0.384 e. The van der Waals surface area contributed by atoms with Crippen LogP contribution in [-0.4, -0.2) is 23.6 Å². The maximum absolute atomic E-state index is 12.8. The zero-order valence-electron chi connectivity index (χ0n) is 17.6. The van der Waals surface area contributed by atoms with Crippen molar-refractivity contribution in [3.8, 4) is 0 Å². The molecule has 1 saturated carbocycles. The van der Waals surface area contributed by atoms with E-state index in [1.54, 1.807) is 19.1 Å². The van der Waals surface area contributed by atoms with Gasteiger partial charge in [-0.2, -0.15) is 0 Å². The van der Waals surface area contributed by atoms with Crippen molar-refractivity contribution in [3.05, 3.63) is 71.3 Å². The van der Waals surface area contributed by atoms with Gasteiger partial charge in [-0.15, -0.1) is 0 Å². The topological polar surface area (TPSA) is 96.0 Å². The zero-order chi connectivity index (χ0) is 21.5. The lowest BCUT2D eigenvalue weighted by Gasteiger charge is -2.29. The number of nitrogens with one attached hydrogen (secondary N) is 2. The molecule has 1 aliphatic carbocycles. The van der Waals surface area contributed by atoms with Gasteiger partial charge in [0.15, 0.2) is 5.78 Å². The largest absolute Gasteiger partial charge is 0.384 e. The molecule has 0 saturated heterocycles. The number of rotatable bonds is 8. The lowest BCUT2D eigenvalue weighted by Crippen LogP contribution is -2.42. The summed E-state index contributed by atoms with van der Waals surface area (Å²) in [6, 6.07) is 17.3. The van der Waals surface area contributed by atoms with Crippen LogP contribution < -0.4 is 11.1 Å². The van der Waals surface area contributed by atoms with Crippen LogP contribution in [0.5, 0.6) is 0 Å². The van der Waals surface area contributed by atoms with Gasteiger partial charge in [0.05, 0.1) is 6.04 Å². The van der Waals surface area contributed by atoms with E-state index in [4.69, 9.17) is 11.1 Å². The first-order chi connectivity index (χ1) is 14.4. The number of hydrogen-bond donors (Lipinski definition) is 3. The highest BCUT2D eigenvalue weighted by Gasteiger charge is 2.29. The van der Waals surface area contributed by atoms with Crippen LogP contribution in [0.3, 0.4) is 0 Å². The van der Waals surface area contributed by atoms with E-state index in [-0.39, 0.29) is 23.4 Å². The molecule has 5 nitrogen and oxygen atoms in total. The minimum atomic E-state index is -0.480. The Kier molecular flexibility index (Phi) is 7.39. The van der Waals surface area contributed by atoms with E-state index in [1.807, 2.05) is 30.3 Å². The first kappa shape index (κ1) is 21.8. The summed E-state index contributed by atoms with van der Waals surface area (Å²) in [5.74, 6) is 0.459. The molecule has 2 aromatic rings. The monoisotopic (exact) mass is 405 g/mol. The van der Waals surface area contributed by atoms with Crippen LogP contribution in [-0.2, 0) is 16.0 Å². The predicted molar refractivity (Wildman–Crippen MR) is 120 cm³/mol.